The topological polar surface area (TPSA) is 94.2 Å². The molecule has 3 aromatic carbocycles. The van der Waals surface area contributed by atoms with Crippen LogP contribution in [0.4, 0.5) is 5.69 Å². The molecule has 0 aromatic heterocycles. The zero-order valence-corrected chi connectivity index (χ0v) is 21.1. The predicted octanol–water partition coefficient (Wildman–Crippen LogP) is 3.71. The second-order valence-corrected chi connectivity index (χ2v) is 9.67. The maximum absolute atomic E-state index is 13.5. The molecule has 0 saturated carbocycles. The molecule has 1 amide bonds. The molecule has 0 radical (unpaired) electrons. The molecule has 0 unspecified atom stereocenters. The van der Waals surface area contributed by atoms with Crippen LogP contribution < -0.4 is 23.8 Å². The zero-order valence-electron chi connectivity index (χ0n) is 20.3. The van der Waals surface area contributed by atoms with Gasteiger partial charge < -0.3 is 19.5 Å². The lowest BCUT2D eigenvalue weighted by Gasteiger charge is -2.26. The summed E-state index contributed by atoms with van der Waals surface area (Å²) in [5, 5.41) is 2.73. The van der Waals surface area contributed by atoms with E-state index in [9.17, 15) is 13.2 Å². The van der Waals surface area contributed by atoms with Gasteiger partial charge in [0.2, 0.25) is 5.91 Å². The fraction of sp³-hybridized carbons (Fsp3) is 0.269. The second-order valence-electron chi connectivity index (χ2n) is 7.81. The fourth-order valence-corrected chi connectivity index (χ4v) is 4.80. The van der Waals surface area contributed by atoms with Crippen LogP contribution >= 0.6 is 0 Å². The molecule has 3 aromatic rings. The number of amides is 1. The van der Waals surface area contributed by atoms with Crippen LogP contribution in [0.3, 0.4) is 0 Å². The van der Waals surface area contributed by atoms with Crippen molar-refractivity contribution in [1.29, 1.82) is 0 Å². The zero-order chi connectivity index (χ0) is 25.4. The van der Waals surface area contributed by atoms with Crippen LogP contribution in [0.1, 0.15) is 11.1 Å². The third-order valence-corrected chi connectivity index (χ3v) is 7.22. The molecule has 8 nitrogen and oxygen atoms in total. The SMILES string of the molecule is COc1ccc(OC)c(N(CC(=O)NCCOc2ccc(C)c(C)c2)S(=O)(=O)c2ccccc2)c1. The molecule has 9 heteroatoms. The van der Waals surface area contributed by atoms with E-state index in [0.29, 0.717) is 11.5 Å². The maximum Gasteiger partial charge on any atom is 0.264 e. The van der Waals surface area contributed by atoms with Gasteiger partial charge in [0.25, 0.3) is 10.0 Å². The Balaban J connectivity index is 1.78. The molecule has 0 heterocycles. The van der Waals surface area contributed by atoms with Crippen LogP contribution in [0.2, 0.25) is 0 Å². The van der Waals surface area contributed by atoms with E-state index in [2.05, 4.69) is 5.32 Å². The number of hydrogen-bond acceptors (Lipinski definition) is 6. The van der Waals surface area contributed by atoms with Crippen molar-refractivity contribution in [2.75, 3.05) is 38.2 Å². The minimum absolute atomic E-state index is 0.0516. The first-order valence-corrected chi connectivity index (χ1v) is 12.5. The van der Waals surface area contributed by atoms with Gasteiger partial charge in [0, 0.05) is 6.07 Å². The molecule has 0 fully saturated rings. The third kappa shape index (κ3) is 6.45. The average molecular weight is 499 g/mol. The van der Waals surface area contributed by atoms with Crippen LogP contribution in [-0.4, -0.2) is 48.2 Å². The normalized spacial score (nSPS) is 11.0. The lowest BCUT2D eigenvalue weighted by molar-refractivity contribution is -0.119. The lowest BCUT2D eigenvalue weighted by atomic mass is 10.1. The van der Waals surface area contributed by atoms with Crippen LogP contribution in [0.15, 0.2) is 71.6 Å². The van der Waals surface area contributed by atoms with E-state index < -0.39 is 22.5 Å². The average Bonchev–Trinajstić information content (AvgIpc) is 2.87. The van der Waals surface area contributed by atoms with E-state index in [0.717, 1.165) is 9.87 Å². The van der Waals surface area contributed by atoms with Crippen LogP contribution in [0.5, 0.6) is 17.2 Å². The van der Waals surface area contributed by atoms with Crippen molar-refractivity contribution in [2.45, 2.75) is 18.7 Å². The Morgan fingerprint density at radius 1 is 0.886 bits per heavy atom. The van der Waals surface area contributed by atoms with Gasteiger partial charge >= 0.3 is 0 Å². The number of nitrogens with one attached hydrogen (secondary N) is 1. The fourth-order valence-electron chi connectivity index (χ4n) is 3.36. The van der Waals surface area contributed by atoms with Crippen LogP contribution in [0.25, 0.3) is 0 Å². The van der Waals surface area contributed by atoms with Gasteiger partial charge in [0.15, 0.2) is 0 Å². The van der Waals surface area contributed by atoms with Gasteiger partial charge in [-0.1, -0.05) is 24.3 Å². The Morgan fingerprint density at radius 2 is 1.60 bits per heavy atom. The number of ether oxygens (including phenoxy) is 3. The summed E-state index contributed by atoms with van der Waals surface area (Å²) in [5.41, 5.74) is 2.47. The van der Waals surface area contributed by atoms with Gasteiger partial charge in [0.1, 0.15) is 30.4 Å². The third-order valence-electron chi connectivity index (χ3n) is 5.44. The smallest absolute Gasteiger partial charge is 0.264 e. The molecular weight excluding hydrogens is 468 g/mol. The number of nitrogens with zero attached hydrogens (tertiary/aromatic N) is 1. The molecule has 0 aliphatic rings. The number of hydrogen-bond donors (Lipinski definition) is 1. The molecule has 0 aliphatic heterocycles. The van der Waals surface area contributed by atoms with Crippen molar-refractivity contribution < 1.29 is 27.4 Å². The summed E-state index contributed by atoms with van der Waals surface area (Å²) in [4.78, 5) is 12.9. The molecule has 3 rings (SSSR count). The number of carbonyl (C=O) groups is 1. The summed E-state index contributed by atoms with van der Waals surface area (Å²) in [6.45, 7) is 4.01. The predicted molar refractivity (Wildman–Crippen MR) is 135 cm³/mol. The highest BCUT2D eigenvalue weighted by atomic mass is 32.2. The summed E-state index contributed by atoms with van der Waals surface area (Å²) in [5.74, 6) is 0.933. The summed E-state index contributed by atoms with van der Waals surface area (Å²) in [6, 6.07) is 18.5. The molecule has 0 bridgehead atoms. The van der Waals surface area contributed by atoms with Crippen LogP contribution in [-0.2, 0) is 14.8 Å². The molecule has 0 spiro atoms. The van der Waals surface area contributed by atoms with Gasteiger partial charge in [-0.25, -0.2) is 8.42 Å². The molecule has 1 N–H and O–H groups in total. The first-order chi connectivity index (χ1) is 16.8. The summed E-state index contributed by atoms with van der Waals surface area (Å²) >= 11 is 0. The Morgan fingerprint density at radius 3 is 2.26 bits per heavy atom. The first kappa shape index (κ1) is 25.9. The van der Waals surface area contributed by atoms with E-state index in [1.54, 1.807) is 30.3 Å². The van der Waals surface area contributed by atoms with Crippen molar-refractivity contribution >= 4 is 21.6 Å². The van der Waals surface area contributed by atoms with Crippen molar-refractivity contribution in [3.05, 3.63) is 77.9 Å². The van der Waals surface area contributed by atoms with Gasteiger partial charge in [-0.3, -0.25) is 9.10 Å². The van der Waals surface area contributed by atoms with E-state index in [1.165, 1.54) is 38.0 Å². The minimum atomic E-state index is -4.08. The van der Waals surface area contributed by atoms with Crippen molar-refractivity contribution in [2.24, 2.45) is 0 Å². The number of anilines is 1. The van der Waals surface area contributed by atoms with Crippen molar-refractivity contribution in [3.8, 4) is 17.2 Å². The van der Waals surface area contributed by atoms with E-state index in [1.807, 2.05) is 32.0 Å². The Bertz CT molecular complexity index is 1260. The standard InChI is InChI=1S/C26H30N2O6S/c1-19-10-11-22(16-20(19)2)34-15-14-27-26(29)18-28(35(30,31)23-8-6-5-7-9-23)24-17-21(32-3)12-13-25(24)33-4/h5-13,16-17H,14-15,18H2,1-4H3,(H,27,29). The van der Waals surface area contributed by atoms with E-state index in [-0.39, 0.29) is 29.5 Å². The summed E-state index contributed by atoms with van der Waals surface area (Å²) < 4.78 is 44.5. The van der Waals surface area contributed by atoms with Crippen molar-refractivity contribution in [3.63, 3.8) is 0 Å². The molecule has 0 saturated heterocycles. The van der Waals surface area contributed by atoms with Crippen molar-refractivity contribution in [1.82, 2.24) is 5.32 Å². The van der Waals surface area contributed by atoms with Gasteiger partial charge in [0.05, 0.1) is 31.3 Å². The summed E-state index contributed by atoms with van der Waals surface area (Å²) in [6.07, 6.45) is 0. The first-order valence-electron chi connectivity index (χ1n) is 11.0. The number of rotatable bonds is 11. The monoisotopic (exact) mass is 498 g/mol. The largest absolute Gasteiger partial charge is 0.497 e. The number of sulfonamides is 1. The van der Waals surface area contributed by atoms with Crippen LogP contribution in [0, 0.1) is 13.8 Å². The minimum Gasteiger partial charge on any atom is -0.497 e. The highest BCUT2D eigenvalue weighted by Crippen LogP contribution is 2.35. The number of carbonyl (C=O) groups excluding carboxylic acids is 1. The Hall–Kier alpha value is -3.72. The molecule has 0 atom stereocenters. The Labute approximate surface area is 206 Å². The van der Waals surface area contributed by atoms with E-state index in [4.69, 9.17) is 14.2 Å². The number of benzene rings is 3. The summed E-state index contributed by atoms with van der Waals surface area (Å²) in [7, 11) is -1.17. The highest BCUT2D eigenvalue weighted by molar-refractivity contribution is 7.92. The van der Waals surface area contributed by atoms with E-state index >= 15 is 0 Å². The molecule has 35 heavy (non-hydrogen) atoms. The Kier molecular flexibility index (Phi) is 8.59. The molecular formula is C26H30N2O6S. The number of methoxy groups -OCH3 is 2. The molecule has 186 valence electrons. The van der Waals surface area contributed by atoms with Gasteiger partial charge in [-0.05, 0) is 61.4 Å². The lowest BCUT2D eigenvalue weighted by Crippen LogP contribution is -2.42. The van der Waals surface area contributed by atoms with Gasteiger partial charge in [-0.15, -0.1) is 0 Å². The van der Waals surface area contributed by atoms with Gasteiger partial charge in [-0.2, -0.15) is 0 Å². The molecule has 0 aliphatic carbocycles. The highest BCUT2D eigenvalue weighted by Gasteiger charge is 2.29. The number of aryl methyl sites for hydroxylation is 2. The second kappa shape index (κ2) is 11.6. The quantitative estimate of drug-likeness (QED) is 0.405. The maximum atomic E-state index is 13.5.